The highest BCUT2D eigenvalue weighted by atomic mass is 79.9. The lowest BCUT2D eigenvalue weighted by Gasteiger charge is -2.32. The molecule has 0 aromatic heterocycles. The Labute approximate surface area is 266 Å². The van der Waals surface area contributed by atoms with Crippen LogP contribution in [0.2, 0.25) is 10.0 Å². The van der Waals surface area contributed by atoms with Crippen LogP contribution < -0.4 is 14.4 Å². The zero-order valence-corrected chi connectivity index (χ0v) is 27.9. The Morgan fingerprint density at radius 2 is 1.67 bits per heavy atom. The van der Waals surface area contributed by atoms with Gasteiger partial charge in [-0.15, -0.1) is 0 Å². The van der Waals surface area contributed by atoms with Crippen molar-refractivity contribution in [3.63, 3.8) is 0 Å². The predicted molar refractivity (Wildman–Crippen MR) is 171 cm³/mol. The van der Waals surface area contributed by atoms with Gasteiger partial charge < -0.3 is 15.0 Å². The number of halogens is 3. The second-order valence-corrected chi connectivity index (χ2v) is 13.8. The van der Waals surface area contributed by atoms with Gasteiger partial charge in [-0.05, 0) is 83.7 Å². The molecule has 0 spiro atoms. The van der Waals surface area contributed by atoms with E-state index in [0.29, 0.717) is 38.1 Å². The molecule has 42 heavy (non-hydrogen) atoms. The highest BCUT2D eigenvalue weighted by Gasteiger charge is 2.33. The van der Waals surface area contributed by atoms with Crippen LogP contribution in [0.3, 0.4) is 0 Å². The number of carbonyl (C=O) groups excluding carboxylic acids is 2. The Hall–Kier alpha value is -2.79. The van der Waals surface area contributed by atoms with Crippen LogP contribution in [-0.2, 0) is 26.2 Å². The number of sulfonamides is 1. The number of amides is 2. The SMILES string of the molecule is COc1ccc(S(=O)(=O)N(CC(=O)N(Cc2ccc(Cl)cc2Cl)C(C)C(=O)NCC(C)C)c2ccc(C)cc2)cc1Br. The topological polar surface area (TPSA) is 96.0 Å². The number of aryl methyl sites for hydroxylation is 1. The molecule has 1 N–H and O–H groups in total. The standard InChI is InChI=1S/C30H34BrCl2N3O5S/c1-19(2)16-34-30(38)21(4)35(17-22-8-9-23(32)14-27(22)33)29(37)18-36(24-10-6-20(3)7-11-24)42(39,40)25-12-13-28(41-5)26(31)15-25/h6-15,19,21H,16-18H2,1-5H3,(H,34,38). The molecule has 1 unspecified atom stereocenters. The number of anilines is 1. The number of hydrogen-bond acceptors (Lipinski definition) is 5. The molecule has 1 atom stereocenters. The predicted octanol–water partition coefficient (Wildman–Crippen LogP) is 6.46. The van der Waals surface area contributed by atoms with E-state index in [1.165, 1.54) is 30.2 Å². The van der Waals surface area contributed by atoms with Gasteiger partial charge in [-0.3, -0.25) is 13.9 Å². The highest BCUT2D eigenvalue weighted by molar-refractivity contribution is 9.10. The van der Waals surface area contributed by atoms with Gasteiger partial charge in [0.2, 0.25) is 11.8 Å². The Morgan fingerprint density at radius 1 is 1.00 bits per heavy atom. The molecular formula is C30H34BrCl2N3O5S. The van der Waals surface area contributed by atoms with Crippen molar-refractivity contribution < 1.29 is 22.7 Å². The summed E-state index contributed by atoms with van der Waals surface area (Å²) in [6.07, 6.45) is 0. The number of hydrogen-bond donors (Lipinski definition) is 1. The fraction of sp³-hybridized carbons (Fsp3) is 0.333. The normalized spacial score (nSPS) is 12.1. The van der Waals surface area contributed by atoms with Gasteiger partial charge in [0.15, 0.2) is 0 Å². The van der Waals surface area contributed by atoms with Crippen molar-refractivity contribution in [1.82, 2.24) is 10.2 Å². The smallest absolute Gasteiger partial charge is 0.264 e. The highest BCUT2D eigenvalue weighted by Crippen LogP contribution is 2.31. The van der Waals surface area contributed by atoms with Crippen molar-refractivity contribution in [3.8, 4) is 5.75 Å². The summed E-state index contributed by atoms with van der Waals surface area (Å²) in [7, 11) is -2.76. The van der Waals surface area contributed by atoms with Crippen LogP contribution in [0.25, 0.3) is 0 Å². The zero-order valence-electron chi connectivity index (χ0n) is 24.0. The molecule has 0 fully saturated rings. The van der Waals surface area contributed by atoms with Gasteiger partial charge in [-0.1, -0.05) is 60.8 Å². The van der Waals surface area contributed by atoms with E-state index in [1.54, 1.807) is 49.4 Å². The van der Waals surface area contributed by atoms with Gasteiger partial charge in [-0.25, -0.2) is 8.42 Å². The van der Waals surface area contributed by atoms with Crippen molar-refractivity contribution in [2.75, 3.05) is 24.5 Å². The van der Waals surface area contributed by atoms with Crippen molar-refractivity contribution in [2.45, 2.75) is 45.2 Å². The second kappa shape index (κ2) is 14.6. The Balaban J connectivity index is 2.06. The van der Waals surface area contributed by atoms with Gasteiger partial charge in [0, 0.05) is 23.1 Å². The van der Waals surface area contributed by atoms with E-state index in [1.807, 2.05) is 20.8 Å². The second-order valence-electron chi connectivity index (χ2n) is 10.2. The molecule has 0 aliphatic heterocycles. The van der Waals surface area contributed by atoms with E-state index in [0.717, 1.165) is 9.87 Å². The molecule has 0 saturated carbocycles. The lowest BCUT2D eigenvalue weighted by atomic mass is 10.1. The maximum Gasteiger partial charge on any atom is 0.264 e. The van der Waals surface area contributed by atoms with Crippen LogP contribution in [0.15, 0.2) is 70.0 Å². The van der Waals surface area contributed by atoms with Gasteiger partial charge >= 0.3 is 0 Å². The zero-order chi connectivity index (χ0) is 31.2. The van der Waals surface area contributed by atoms with Crippen LogP contribution in [0.1, 0.15) is 31.9 Å². The molecule has 3 aromatic rings. The summed E-state index contributed by atoms with van der Waals surface area (Å²) < 4.78 is 34.8. The molecule has 8 nitrogen and oxygen atoms in total. The van der Waals surface area contributed by atoms with Crippen molar-refractivity contribution in [2.24, 2.45) is 5.92 Å². The third-order valence-electron chi connectivity index (χ3n) is 6.52. The molecular weight excluding hydrogens is 665 g/mol. The third-order valence-corrected chi connectivity index (χ3v) is 9.50. The molecule has 0 saturated heterocycles. The van der Waals surface area contributed by atoms with Crippen LogP contribution >= 0.6 is 39.1 Å². The quantitative estimate of drug-likeness (QED) is 0.234. The average Bonchev–Trinajstić information content (AvgIpc) is 2.94. The van der Waals surface area contributed by atoms with E-state index < -0.39 is 28.5 Å². The molecule has 2 amide bonds. The largest absolute Gasteiger partial charge is 0.496 e. The first-order valence-electron chi connectivity index (χ1n) is 13.2. The molecule has 0 bridgehead atoms. The van der Waals surface area contributed by atoms with E-state index in [4.69, 9.17) is 27.9 Å². The van der Waals surface area contributed by atoms with Crippen LogP contribution in [0, 0.1) is 12.8 Å². The van der Waals surface area contributed by atoms with E-state index in [-0.39, 0.29) is 23.3 Å². The Kier molecular flexibility index (Phi) is 11.7. The number of methoxy groups -OCH3 is 1. The summed E-state index contributed by atoms with van der Waals surface area (Å²) in [5.74, 6) is -0.308. The van der Waals surface area contributed by atoms with E-state index >= 15 is 0 Å². The number of rotatable bonds is 12. The monoisotopic (exact) mass is 697 g/mol. The fourth-order valence-corrected chi connectivity index (χ4v) is 6.64. The number of ether oxygens (including phenoxy) is 1. The van der Waals surface area contributed by atoms with Gasteiger partial charge in [0.25, 0.3) is 10.0 Å². The molecule has 3 rings (SSSR count). The molecule has 0 aliphatic rings. The maximum absolute atomic E-state index is 14.0. The number of benzene rings is 3. The van der Waals surface area contributed by atoms with Crippen molar-refractivity contribution >= 4 is 66.7 Å². The lowest BCUT2D eigenvalue weighted by molar-refractivity contribution is -0.139. The lowest BCUT2D eigenvalue weighted by Crippen LogP contribution is -2.51. The van der Waals surface area contributed by atoms with Gasteiger partial charge in [0.1, 0.15) is 18.3 Å². The maximum atomic E-state index is 14.0. The Bertz CT molecular complexity index is 1530. The first-order chi connectivity index (χ1) is 19.7. The summed E-state index contributed by atoms with van der Waals surface area (Å²) in [5.41, 5.74) is 1.77. The van der Waals surface area contributed by atoms with Gasteiger partial charge in [-0.2, -0.15) is 0 Å². The first kappa shape index (κ1) is 33.7. The molecule has 0 aliphatic carbocycles. The summed E-state index contributed by atoms with van der Waals surface area (Å²) in [6.45, 7) is 7.21. The summed E-state index contributed by atoms with van der Waals surface area (Å²) >= 11 is 15.9. The molecule has 226 valence electrons. The number of nitrogens with zero attached hydrogens (tertiary/aromatic N) is 2. The van der Waals surface area contributed by atoms with Crippen LogP contribution in [0.4, 0.5) is 5.69 Å². The first-order valence-corrected chi connectivity index (χ1v) is 16.2. The third kappa shape index (κ3) is 8.40. The Morgan fingerprint density at radius 3 is 2.24 bits per heavy atom. The fourth-order valence-electron chi connectivity index (χ4n) is 4.04. The molecule has 0 heterocycles. The minimum absolute atomic E-state index is 0.0407. The summed E-state index contributed by atoms with van der Waals surface area (Å²) in [5, 5.41) is 3.60. The van der Waals surface area contributed by atoms with E-state index in [9.17, 15) is 18.0 Å². The number of nitrogens with one attached hydrogen (secondary N) is 1. The van der Waals surface area contributed by atoms with Crippen molar-refractivity contribution in [3.05, 3.63) is 86.3 Å². The molecule has 12 heteroatoms. The average molecular weight is 699 g/mol. The van der Waals surface area contributed by atoms with Crippen LogP contribution in [0.5, 0.6) is 5.75 Å². The van der Waals surface area contributed by atoms with Crippen molar-refractivity contribution in [1.29, 1.82) is 0 Å². The van der Waals surface area contributed by atoms with Gasteiger partial charge in [0.05, 0.1) is 22.2 Å². The van der Waals surface area contributed by atoms with E-state index in [2.05, 4.69) is 21.2 Å². The minimum Gasteiger partial charge on any atom is -0.496 e. The minimum atomic E-state index is -4.24. The molecule has 3 aromatic carbocycles. The summed E-state index contributed by atoms with van der Waals surface area (Å²) in [6, 6.07) is 15.1. The van der Waals surface area contributed by atoms with Crippen LogP contribution in [-0.4, -0.2) is 51.4 Å². The summed E-state index contributed by atoms with van der Waals surface area (Å²) in [4.78, 5) is 28.5. The molecule has 0 radical (unpaired) electrons. The number of carbonyl (C=O) groups is 2.